The second kappa shape index (κ2) is 8.24. The number of carbonyl (C=O) groups excluding carboxylic acids is 2. The molecule has 6 nitrogen and oxygen atoms in total. The molecule has 1 amide bonds. The first-order chi connectivity index (χ1) is 15.5. The summed E-state index contributed by atoms with van der Waals surface area (Å²) in [4.78, 5) is 27.9. The number of ether oxygens (including phenoxy) is 2. The second-order valence-electron chi connectivity index (χ2n) is 9.18. The van der Waals surface area contributed by atoms with Crippen molar-refractivity contribution in [2.75, 3.05) is 32.6 Å². The van der Waals surface area contributed by atoms with Crippen LogP contribution in [-0.2, 0) is 30.6 Å². The minimum atomic E-state index is -0.00674. The van der Waals surface area contributed by atoms with E-state index in [1.54, 1.807) is 14.2 Å². The number of methoxy groups -OCH3 is 2. The molecule has 0 saturated heterocycles. The van der Waals surface area contributed by atoms with Gasteiger partial charge in [0.25, 0.3) is 0 Å². The number of amides is 1. The van der Waals surface area contributed by atoms with Gasteiger partial charge in [-0.15, -0.1) is 0 Å². The Bertz CT molecular complexity index is 1110. The third-order valence-electron chi connectivity index (χ3n) is 7.28. The quantitative estimate of drug-likeness (QED) is 0.795. The standard InChI is InChI=1S/C26H30N2O4/c1-15-10-21-20(6-7-24(29)27-21)25-19(15)5-4-17(26(25)30)13-28-9-8-16-11-22(31-2)23(32-3)12-18(16)14-28/h10-12,17H,4-9,13-14H2,1-3H3,(H,27,29). The summed E-state index contributed by atoms with van der Waals surface area (Å²) in [5.41, 5.74) is 7.59. The fourth-order valence-electron chi connectivity index (χ4n) is 5.58. The van der Waals surface area contributed by atoms with Crippen molar-refractivity contribution in [3.05, 3.63) is 51.6 Å². The van der Waals surface area contributed by atoms with Gasteiger partial charge in [0.15, 0.2) is 17.3 Å². The first-order valence-corrected chi connectivity index (χ1v) is 11.4. The van der Waals surface area contributed by atoms with Crippen LogP contribution in [0.1, 0.15) is 51.0 Å². The van der Waals surface area contributed by atoms with E-state index in [1.807, 2.05) is 6.07 Å². The fourth-order valence-corrected chi connectivity index (χ4v) is 5.58. The van der Waals surface area contributed by atoms with Crippen molar-refractivity contribution in [1.29, 1.82) is 0 Å². The van der Waals surface area contributed by atoms with Gasteiger partial charge in [-0.3, -0.25) is 14.5 Å². The average Bonchev–Trinajstić information content (AvgIpc) is 2.79. The van der Waals surface area contributed by atoms with Crippen LogP contribution in [-0.4, -0.2) is 43.9 Å². The molecule has 1 aliphatic carbocycles. The minimum Gasteiger partial charge on any atom is -0.493 e. The zero-order chi connectivity index (χ0) is 22.4. The van der Waals surface area contributed by atoms with Crippen molar-refractivity contribution in [2.24, 2.45) is 5.92 Å². The van der Waals surface area contributed by atoms with E-state index in [0.29, 0.717) is 12.8 Å². The van der Waals surface area contributed by atoms with Crippen LogP contribution in [0.4, 0.5) is 5.69 Å². The first-order valence-electron chi connectivity index (χ1n) is 11.4. The molecule has 0 spiro atoms. The molecule has 3 aliphatic rings. The average molecular weight is 435 g/mol. The number of benzene rings is 2. The molecule has 2 heterocycles. The number of hydrogen-bond donors (Lipinski definition) is 1. The smallest absolute Gasteiger partial charge is 0.224 e. The van der Waals surface area contributed by atoms with Gasteiger partial charge in [0.1, 0.15) is 0 Å². The zero-order valence-corrected chi connectivity index (χ0v) is 19.0. The zero-order valence-electron chi connectivity index (χ0n) is 19.0. The monoisotopic (exact) mass is 434 g/mol. The summed E-state index contributed by atoms with van der Waals surface area (Å²) in [5, 5.41) is 2.98. The van der Waals surface area contributed by atoms with E-state index in [4.69, 9.17) is 9.47 Å². The Labute approximate surface area is 188 Å². The summed E-state index contributed by atoms with van der Waals surface area (Å²) >= 11 is 0. The molecule has 1 atom stereocenters. The van der Waals surface area contributed by atoms with Crippen LogP contribution in [0.15, 0.2) is 18.2 Å². The van der Waals surface area contributed by atoms with E-state index < -0.39 is 0 Å². The summed E-state index contributed by atoms with van der Waals surface area (Å²) in [6, 6.07) is 6.19. The van der Waals surface area contributed by atoms with E-state index >= 15 is 0 Å². The maximum absolute atomic E-state index is 13.6. The minimum absolute atomic E-state index is 0.00674. The van der Waals surface area contributed by atoms with Gasteiger partial charge >= 0.3 is 0 Å². The van der Waals surface area contributed by atoms with Crippen molar-refractivity contribution in [1.82, 2.24) is 4.90 Å². The fraction of sp³-hybridized carbons (Fsp3) is 0.462. The predicted octanol–water partition coefficient (Wildman–Crippen LogP) is 3.70. The third-order valence-corrected chi connectivity index (χ3v) is 7.28. The highest BCUT2D eigenvalue weighted by Gasteiger charge is 2.34. The molecule has 0 radical (unpaired) electrons. The van der Waals surface area contributed by atoms with Gasteiger partial charge in [0, 0.05) is 43.2 Å². The Hall–Kier alpha value is -2.86. The summed E-state index contributed by atoms with van der Waals surface area (Å²) < 4.78 is 10.9. The number of fused-ring (bicyclic) bond motifs is 4. The van der Waals surface area contributed by atoms with Crippen molar-refractivity contribution < 1.29 is 19.1 Å². The Balaban J connectivity index is 1.38. The van der Waals surface area contributed by atoms with E-state index in [9.17, 15) is 9.59 Å². The van der Waals surface area contributed by atoms with Crippen LogP contribution in [0.25, 0.3) is 0 Å². The number of carbonyl (C=O) groups is 2. The van der Waals surface area contributed by atoms with Gasteiger partial charge in [0.05, 0.1) is 14.2 Å². The number of anilines is 1. The second-order valence-corrected chi connectivity index (χ2v) is 9.18. The molecule has 2 aromatic carbocycles. The largest absolute Gasteiger partial charge is 0.493 e. The Morgan fingerprint density at radius 1 is 0.969 bits per heavy atom. The molecule has 5 rings (SSSR count). The van der Waals surface area contributed by atoms with Crippen LogP contribution in [0.3, 0.4) is 0 Å². The molecule has 0 bridgehead atoms. The van der Waals surface area contributed by atoms with Crippen LogP contribution < -0.4 is 14.8 Å². The molecule has 0 fully saturated rings. The molecule has 1 N–H and O–H groups in total. The van der Waals surface area contributed by atoms with Gasteiger partial charge in [-0.2, -0.15) is 0 Å². The number of ketones is 1. The van der Waals surface area contributed by atoms with Gasteiger partial charge in [-0.1, -0.05) is 0 Å². The van der Waals surface area contributed by atoms with Crippen LogP contribution in [0.2, 0.25) is 0 Å². The first kappa shape index (κ1) is 21.0. The van der Waals surface area contributed by atoms with Crippen LogP contribution in [0.5, 0.6) is 11.5 Å². The Kier molecular flexibility index (Phi) is 5.41. The van der Waals surface area contributed by atoms with Gasteiger partial charge in [-0.25, -0.2) is 0 Å². The molecule has 0 saturated carbocycles. The van der Waals surface area contributed by atoms with Crippen LogP contribution >= 0.6 is 0 Å². The van der Waals surface area contributed by atoms with E-state index in [1.165, 1.54) is 16.7 Å². The van der Waals surface area contributed by atoms with E-state index in [2.05, 4.69) is 29.3 Å². The highest BCUT2D eigenvalue weighted by atomic mass is 16.5. The highest BCUT2D eigenvalue weighted by Crippen LogP contribution is 2.38. The van der Waals surface area contributed by atoms with Crippen molar-refractivity contribution in [2.45, 2.75) is 45.6 Å². The number of rotatable bonds is 4. The number of hydrogen-bond acceptors (Lipinski definition) is 5. The predicted molar refractivity (Wildman–Crippen MR) is 123 cm³/mol. The molecule has 2 aromatic rings. The molecule has 1 unspecified atom stereocenters. The van der Waals surface area contributed by atoms with Gasteiger partial charge < -0.3 is 14.8 Å². The van der Waals surface area contributed by atoms with Gasteiger partial charge in [0.2, 0.25) is 5.91 Å². The summed E-state index contributed by atoms with van der Waals surface area (Å²) in [6.45, 7) is 4.56. The molecule has 6 heteroatoms. The highest BCUT2D eigenvalue weighted by molar-refractivity contribution is 6.05. The lowest BCUT2D eigenvalue weighted by Gasteiger charge is -2.35. The molecular weight excluding hydrogens is 404 g/mol. The van der Waals surface area contributed by atoms with Crippen molar-refractivity contribution >= 4 is 17.4 Å². The topological polar surface area (TPSA) is 67.9 Å². The maximum Gasteiger partial charge on any atom is 0.224 e. The summed E-state index contributed by atoms with van der Waals surface area (Å²) in [7, 11) is 3.33. The number of Topliss-reactive ketones (excluding diaryl/α,β-unsaturated/α-hetero) is 1. The number of aryl methyl sites for hydroxylation is 1. The lowest BCUT2D eigenvalue weighted by Crippen LogP contribution is -2.39. The molecule has 168 valence electrons. The molecule has 2 aliphatic heterocycles. The summed E-state index contributed by atoms with van der Waals surface area (Å²) in [5.74, 6) is 1.80. The molecule has 32 heavy (non-hydrogen) atoms. The number of nitrogens with one attached hydrogen (secondary N) is 1. The lowest BCUT2D eigenvalue weighted by molar-refractivity contribution is -0.116. The maximum atomic E-state index is 13.6. The van der Waals surface area contributed by atoms with E-state index in [0.717, 1.165) is 72.8 Å². The SMILES string of the molecule is COc1cc2c(cc1OC)CN(CC1CCc3c(C)cc4c(c3C1=O)CCC(=O)N4)CC2. The number of nitrogens with zero attached hydrogens (tertiary/aromatic N) is 1. The van der Waals surface area contributed by atoms with Crippen LogP contribution in [0, 0.1) is 12.8 Å². The van der Waals surface area contributed by atoms with Crippen molar-refractivity contribution in [3.63, 3.8) is 0 Å². The molecule has 0 aromatic heterocycles. The summed E-state index contributed by atoms with van der Waals surface area (Å²) in [6.07, 6.45) is 3.85. The lowest BCUT2D eigenvalue weighted by atomic mass is 9.76. The molecular formula is C26H30N2O4. The van der Waals surface area contributed by atoms with Gasteiger partial charge in [-0.05, 0) is 78.6 Å². The van der Waals surface area contributed by atoms with Crippen molar-refractivity contribution in [3.8, 4) is 11.5 Å². The third kappa shape index (κ3) is 3.56. The van der Waals surface area contributed by atoms with E-state index in [-0.39, 0.29) is 17.6 Å². The Morgan fingerprint density at radius 3 is 2.47 bits per heavy atom. The Morgan fingerprint density at radius 2 is 1.72 bits per heavy atom. The normalized spacial score (nSPS) is 20.2.